The van der Waals surface area contributed by atoms with Crippen molar-refractivity contribution in [3.05, 3.63) is 35.4 Å². The highest BCUT2D eigenvalue weighted by molar-refractivity contribution is 5.33. The Balaban J connectivity index is 1.94. The number of benzene rings is 1. The van der Waals surface area contributed by atoms with E-state index < -0.39 is 0 Å². The SMILES string of the molecule is N#CN1CC[C@H]2OCc3ccccc3[C@H]2C1. The van der Waals surface area contributed by atoms with Gasteiger partial charge in [0.05, 0.1) is 12.7 Å². The zero-order valence-corrected chi connectivity index (χ0v) is 9.10. The van der Waals surface area contributed by atoms with Crippen molar-refractivity contribution < 1.29 is 4.74 Å². The first-order valence-electron chi connectivity index (χ1n) is 5.72. The number of hydrogen-bond acceptors (Lipinski definition) is 3. The molecule has 0 aromatic heterocycles. The van der Waals surface area contributed by atoms with Crippen molar-refractivity contribution in [2.24, 2.45) is 0 Å². The first-order chi connectivity index (χ1) is 7.88. The third-order valence-electron chi connectivity index (χ3n) is 3.60. The normalized spacial score (nSPS) is 27.8. The van der Waals surface area contributed by atoms with Crippen LogP contribution in [-0.2, 0) is 11.3 Å². The highest BCUT2D eigenvalue weighted by atomic mass is 16.5. The lowest BCUT2D eigenvalue weighted by Crippen LogP contribution is -2.42. The van der Waals surface area contributed by atoms with E-state index in [1.807, 2.05) is 11.0 Å². The van der Waals surface area contributed by atoms with Gasteiger partial charge in [-0.3, -0.25) is 0 Å². The number of likely N-dealkylation sites (tertiary alicyclic amines) is 1. The topological polar surface area (TPSA) is 36.3 Å². The molecule has 1 aromatic carbocycles. The van der Waals surface area contributed by atoms with Crippen molar-refractivity contribution in [1.29, 1.82) is 5.26 Å². The van der Waals surface area contributed by atoms with Gasteiger partial charge in [0.15, 0.2) is 6.19 Å². The molecule has 2 aliphatic heterocycles. The summed E-state index contributed by atoms with van der Waals surface area (Å²) in [5.41, 5.74) is 2.65. The van der Waals surface area contributed by atoms with Crippen molar-refractivity contribution in [3.63, 3.8) is 0 Å². The van der Waals surface area contributed by atoms with Crippen LogP contribution in [-0.4, -0.2) is 24.1 Å². The molecule has 2 aliphatic rings. The van der Waals surface area contributed by atoms with E-state index in [4.69, 9.17) is 10.00 Å². The van der Waals surface area contributed by atoms with Crippen molar-refractivity contribution in [3.8, 4) is 6.19 Å². The van der Waals surface area contributed by atoms with Crippen LogP contribution >= 0.6 is 0 Å². The Labute approximate surface area is 95.2 Å². The summed E-state index contributed by atoms with van der Waals surface area (Å²) in [7, 11) is 0. The molecule has 0 spiro atoms. The fourth-order valence-electron chi connectivity index (χ4n) is 2.74. The molecule has 0 aliphatic carbocycles. The second kappa shape index (κ2) is 3.80. The Hall–Kier alpha value is -1.53. The number of nitriles is 1. The van der Waals surface area contributed by atoms with Crippen molar-refractivity contribution >= 4 is 0 Å². The number of ether oxygens (including phenoxy) is 1. The van der Waals surface area contributed by atoms with Crippen LogP contribution in [0.2, 0.25) is 0 Å². The molecule has 0 radical (unpaired) electrons. The van der Waals surface area contributed by atoms with Gasteiger partial charge in [-0.15, -0.1) is 0 Å². The zero-order chi connectivity index (χ0) is 11.0. The molecule has 1 saturated heterocycles. The summed E-state index contributed by atoms with van der Waals surface area (Å²) in [5.74, 6) is 0.373. The molecule has 0 bridgehead atoms. The van der Waals surface area contributed by atoms with E-state index in [0.717, 1.165) is 26.1 Å². The van der Waals surface area contributed by atoms with Crippen LogP contribution in [0.25, 0.3) is 0 Å². The molecule has 3 nitrogen and oxygen atoms in total. The summed E-state index contributed by atoms with van der Waals surface area (Å²) >= 11 is 0. The summed E-state index contributed by atoms with van der Waals surface area (Å²) in [4.78, 5) is 1.84. The van der Waals surface area contributed by atoms with Crippen LogP contribution in [0.5, 0.6) is 0 Å². The van der Waals surface area contributed by atoms with Gasteiger partial charge in [0, 0.05) is 19.0 Å². The Morgan fingerprint density at radius 1 is 1.38 bits per heavy atom. The van der Waals surface area contributed by atoms with E-state index in [9.17, 15) is 0 Å². The molecule has 1 aromatic rings. The van der Waals surface area contributed by atoms with E-state index in [1.54, 1.807) is 0 Å². The number of nitrogens with zero attached hydrogens (tertiary/aromatic N) is 2. The van der Waals surface area contributed by atoms with E-state index in [1.165, 1.54) is 11.1 Å². The quantitative estimate of drug-likeness (QED) is 0.618. The van der Waals surface area contributed by atoms with Gasteiger partial charge in [-0.05, 0) is 17.5 Å². The molecule has 3 heteroatoms. The van der Waals surface area contributed by atoms with Gasteiger partial charge in [0.25, 0.3) is 0 Å². The Morgan fingerprint density at radius 3 is 3.12 bits per heavy atom. The van der Waals surface area contributed by atoms with E-state index >= 15 is 0 Å². The first-order valence-corrected chi connectivity index (χ1v) is 5.72. The van der Waals surface area contributed by atoms with E-state index in [0.29, 0.717) is 12.0 Å². The Morgan fingerprint density at radius 2 is 2.25 bits per heavy atom. The van der Waals surface area contributed by atoms with Gasteiger partial charge in [0.1, 0.15) is 0 Å². The fraction of sp³-hybridized carbons (Fsp3) is 0.462. The minimum atomic E-state index is 0.305. The predicted molar refractivity (Wildman–Crippen MR) is 59.6 cm³/mol. The maximum absolute atomic E-state index is 8.96. The van der Waals surface area contributed by atoms with Crippen LogP contribution in [0.4, 0.5) is 0 Å². The maximum atomic E-state index is 8.96. The third-order valence-corrected chi connectivity index (χ3v) is 3.60. The standard InChI is InChI=1S/C13H14N2O/c14-9-15-6-5-13-12(7-15)11-4-2-1-3-10(11)8-16-13/h1-4,12-13H,5-8H2/t12-,13-/m1/s1. The summed E-state index contributed by atoms with van der Waals surface area (Å²) < 4.78 is 5.87. The van der Waals surface area contributed by atoms with Crippen molar-refractivity contribution in [2.75, 3.05) is 13.1 Å². The van der Waals surface area contributed by atoms with Crippen LogP contribution in [0.15, 0.2) is 24.3 Å². The molecule has 0 amide bonds. The van der Waals surface area contributed by atoms with Gasteiger partial charge in [-0.1, -0.05) is 24.3 Å². The van der Waals surface area contributed by atoms with Crippen LogP contribution in [0.3, 0.4) is 0 Å². The van der Waals surface area contributed by atoms with Gasteiger partial charge < -0.3 is 9.64 Å². The molecule has 0 N–H and O–H groups in total. The van der Waals surface area contributed by atoms with Crippen LogP contribution < -0.4 is 0 Å². The van der Waals surface area contributed by atoms with Crippen molar-refractivity contribution in [1.82, 2.24) is 4.90 Å². The number of rotatable bonds is 0. The van der Waals surface area contributed by atoms with Crippen molar-refractivity contribution in [2.45, 2.75) is 25.0 Å². The molecular formula is C13H14N2O. The average Bonchev–Trinajstić information content (AvgIpc) is 2.38. The molecule has 3 rings (SSSR count). The maximum Gasteiger partial charge on any atom is 0.179 e. The van der Waals surface area contributed by atoms with Gasteiger partial charge >= 0.3 is 0 Å². The number of fused-ring (bicyclic) bond motifs is 3. The summed E-state index contributed by atoms with van der Waals surface area (Å²) in [6, 6.07) is 8.42. The Kier molecular flexibility index (Phi) is 2.30. The first kappa shape index (κ1) is 9.68. The zero-order valence-electron chi connectivity index (χ0n) is 9.10. The van der Waals surface area contributed by atoms with E-state index in [2.05, 4.69) is 24.4 Å². The monoisotopic (exact) mass is 214 g/mol. The summed E-state index contributed by atoms with van der Waals surface area (Å²) in [6.45, 7) is 2.36. The molecule has 0 saturated carbocycles. The minimum absolute atomic E-state index is 0.305. The third kappa shape index (κ3) is 1.46. The fourth-order valence-corrected chi connectivity index (χ4v) is 2.74. The lowest BCUT2D eigenvalue weighted by Gasteiger charge is -2.40. The number of hydrogen-bond donors (Lipinski definition) is 0. The van der Waals surface area contributed by atoms with Gasteiger partial charge in [-0.25, -0.2) is 0 Å². The molecular weight excluding hydrogens is 200 g/mol. The molecule has 0 unspecified atom stereocenters. The van der Waals surface area contributed by atoms with E-state index in [-0.39, 0.29) is 0 Å². The minimum Gasteiger partial charge on any atom is -0.373 e. The van der Waals surface area contributed by atoms with Gasteiger partial charge in [-0.2, -0.15) is 5.26 Å². The molecule has 1 fully saturated rings. The predicted octanol–water partition coefficient (Wildman–Crippen LogP) is 1.86. The Bertz CT molecular complexity index is 438. The second-order valence-electron chi connectivity index (χ2n) is 4.49. The molecule has 16 heavy (non-hydrogen) atoms. The largest absolute Gasteiger partial charge is 0.373 e. The average molecular weight is 214 g/mol. The molecule has 82 valence electrons. The lowest BCUT2D eigenvalue weighted by atomic mass is 9.83. The van der Waals surface area contributed by atoms with Crippen LogP contribution in [0.1, 0.15) is 23.5 Å². The second-order valence-corrected chi connectivity index (χ2v) is 4.49. The highest BCUT2D eigenvalue weighted by Gasteiger charge is 2.34. The summed E-state index contributed by atoms with van der Waals surface area (Å²) in [6.07, 6.45) is 3.52. The smallest absolute Gasteiger partial charge is 0.179 e. The molecule has 2 heterocycles. The molecule has 2 atom stereocenters. The van der Waals surface area contributed by atoms with Crippen LogP contribution in [0, 0.1) is 11.5 Å². The van der Waals surface area contributed by atoms with Gasteiger partial charge in [0.2, 0.25) is 0 Å². The highest BCUT2D eigenvalue weighted by Crippen LogP contribution is 2.35. The lowest BCUT2D eigenvalue weighted by molar-refractivity contribution is -0.0222. The number of piperidine rings is 1. The summed E-state index contributed by atoms with van der Waals surface area (Å²) in [5, 5.41) is 8.96.